The summed E-state index contributed by atoms with van der Waals surface area (Å²) < 4.78 is 11.0. The first kappa shape index (κ1) is 13.8. The highest BCUT2D eigenvalue weighted by molar-refractivity contribution is 6.31. The Bertz CT molecular complexity index is 563. The van der Waals surface area contributed by atoms with E-state index in [0.717, 1.165) is 34.9 Å². The van der Waals surface area contributed by atoms with Crippen LogP contribution in [0.25, 0.3) is 0 Å². The van der Waals surface area contributed by atoms with Crippen LogP contribution in [0.1, 0.15) is 24.0 Å². The molecule has 0 bridgehead atoms. The van der Waals surface area contributed by atoms with Gasteiger partial charge in [0.05, 0.1) is 19.3 Å². The second kappa shape index (κ2) is 6.02. The number of nitrogens with one attached hydrogen (secondary N) is 1. The van der Waals surface area contributed by atoms with Crippen LogP contribution in [0.2, 0.25) is 5.02 Å². The van der Waals surface area contributed by atoms with Gasteiger partial charge in [0.2, 0.25) is 0 Å². The van der Waals surface area contributed by atoms with Crippen LogP contribution in [0.5, 0.6) is 5.75 Å². The van der Waals surface area contributed by atoms with Gasteiger partial charge in [-0.2, -0.15) is 0 Å². The van der Waals surface area contributed by atoms with Crippen molar-refractivity contribution in [3.05, 3.63) is 46.4 Å². The van der Waals surface area contributed by atoms with Crippen molar-refractivity contribution in [3.63, 3.8) is 0 Å². The van der Waals surface area contributed by atoms with Gasteiger partial charge < -0.3 is 14.5 Å². The van der Waals surface area contributed by atoms with Gasteiger partial charge in [-0.3, -0.25) is 0 Å². The molecule has 0 aliphatic rings. The average Bonchev–Trinajstić information content (AvgIpc) is 2.87. The van der Waals surface area contributed by atoms with Crippen molar-refractivity contribution in [1.29, 1.82) is 0 Å². The third-order valence-electron chi connectivity index (χ3n) is 3.00. The number of halogens is 1. The summed E-state index contributed by atoms with van der Waals surface area (Å²) in [6.07, 6.45) is 0.906. The van der Waals surface area contributed by atoms with E-state index in [0.29, 0.717) is 11.6 Å². The van der Waals surface area contributed by atoms with Crippen molar-refractivity contribution in [2.45, 2.75) is 26.8 Å². The molecule has 1 aromatic heterocycles. The highest BCUT2D eigenvalue weighted by Gasteiger charge is 2.08. The molecule has 0 fully saturated rings. The van der Waals surface area contributed by atoms with Crippen LogP contribution in [-0.2, 0) is 13.0 Å². The quantitative estimate of drug-likeness (QED) is 0.879. The zero-order chi connectivity index (χ0) is 13.8. The van der Waals surface area contributed by atoms with Crippen molar-refractivity contribution < 1.29 is 9.15 Å². The van der Waals surface area contributed by atoms with E-state index in [1.807, 2.05) is 31.2 Å². The second-order valence-corrected chi connectivity index (χ2v) is 4.78. The molecule has 4 heteroatoms. The van der Waals surface area contributed by atoms with E-state index in [-0.39, 0.29) is 0 Å². The minimum atomic E-state index is 0.622. The summed E-state index contributed by atoms with van der Waals surface area (Å²) >= 11 is 6.08. The molecule has 0 saturated heterocycles. The van der Waals surface area contributed by atoms with E-state index < -0.39 is 0 Å². The average molecular weight is 280 g/mol. The van der Waals surface area contributed by atoms with Crippen molar-refractivity contribution in [2.75, 3.05) is 12.4 Å². The molecule has 0 aliphatic carbocycles. The molecule has 102 valence electrons. The predicted octanol–water partition coefficient (Wildman–Crippen LogP) is 4.42. The van der Waals surface area contributed by atoms with Crippen LogP contribution in [0.3, 0.4) is 0 Å². The molecule has 0 amide bonds. The summed E-state index contributed by atoms with van der Waals surface area (Å²) in [6, 6.07) is 7.78. The topological polar surface area (TPSA) is 34.4 Å². The maximum absolute atomic E-state index is 6.08. The lowest BCUT2D eigenvalue weighted by Crippen LogP contribution is -2.01. The number of anilines is 1. The molecule has 0 saturated carbocycles. The lowest BCUT2D eigenvalue weighted by molar-refractivity contribution is 0.416. The first-order chi connectivity index (χ1) is 9.13. The minimum absolute atomic E-state index is 0.622. The fourth-order valence-electron chi connectivity index (χ4n) is 1.86. The Kier molecular flexibility index (Phi) is 4.38. The van der Waals surface area contributed by atoms with Gasteiger partial charge >= 0.3 is 0 Å². The number of aryl methyl sites for hydroxylation is 2. The summed E-state index contributed by atoms with van der Waals surface area (Å²) in [7, 11) is 1.63. The molecule has 1 aromatic carbocycles. The Hall–Kier alpha value is -1.61. The van der Waals surface area contributed by atoms with E-state index in [1.165, 1.54) is 0 Å². The van der Waals surface area contributed by atoms with Crippen molar-refractivity contribution in [2.24, 2.45) is 0 Å². The number of hydrogen-bond donors (Lipinski definition) is 1. The van der Waals surface area contributed by atoms with Gasteiger partial charge in [-0.25, -0.2) is 0 Å². The normalized spacial score (nSPS) is 10.5. The number of ether oxygens (including phenoxy) is 1. The standard InChI is InChI=1S/C15H18ClNO2/c1-4-11-5-6-12(19-11)9-17-14-7-10(2)13(16)8-15(14)18-3/h5-8,17H,4,9H2,1-3H3. The van der Waals surface area contributed by atoms with Gasteiger partial charge in [-0.15, -0.1) is 0 Å². The van der Waals surface area contributed by atoms with E-state index in [1.54, 1.807) is 7.11 Å². The third-order valence-corrected chi connectivity index (χ3v) is 3.41. The summed E-state index contributed by atoms with van der Waals surface area (Å²) in [6.45, 7) is 4.66. The first-order valence-electron chi connectivity index (χ1n) is 6.29. The van der Waals surface area contributed by atoms with Crippen LogP contribution in [-0.4, -0.2) is 7.11 Å². The molecule has 0 radical (unpaired) electrons. The van der Waals surface area contributed by atoms with Crippen LogP contribution in [0, 0.1) is 6.92 Å². The fraction of sp³-hybridized carbons (Fsp3) is 0.333. The van der Waals surface area contributed by atoms with E-state index >= 15 is 0 Å². The van der Waals surface area contributed by atoms with Gasteiger partial charge in [0.1, 0.15) is 17.3 Å². The van der Waals surface area contributed by atoms with E-state index in [2.05, 4.69) is 12.2 Å². The van der Waals surface area contributed by atoms with E-state index in [4.69, 9.17) is 20.8 Å². The van der Waals surface area contributed by atoms with Crippen molar-refractivity contribution in [1.82, 2.24) is 0 Å². The number of benzene rings is 1. The summed E-state index contributed by atoms with van der Waals surface area (Å²) in [5, 5.41) is 4.01. The highest BCUT2D eigenvalue weighted by atomic mass is 35.5. The predicted molar refractivity (Wildman–Crippen MR) is 78.2 cm³/mol. The number of rotatable bonds is 5. The minimum Gasteiger partial charge on any atom is -0.495 e. The third kappa shape index (κ3) is 3.24. The maximum atomic E-state index is 6.08. The smallest absolute Gasteiger partial charge is 0.143 e. The molecular formula is C15H18ClNO2. The van der Waals surface area contributed by atoms with Gasteiger partial charge in [0.15, 0.2) is 0 Å². The Morgan fingerprint density at radius 3 is 2.63 bits per heavy atom. The molecule has 2 aromatic rings. The SMILES string of the molecule is CCc1ccc(CNc2cc(C)c(Cl)cc2OC)o1. The van der Waals surface area contributed by atoms with Crippen molar-refractivity contribution >= 4 is 17.3 Å². The lowest BCUT2D eigenvalue weighted by atomic mass is 10.2. The van der Waals surface area contributed by atoms with Crippen LogP contribution < -0.4 is 10.1 Å². The van der Waals surface area contributed by atoms with Crippen molar-refractivity contribution in [3.8, 4) is 5.75 Å². The zero-order valence-electron chi connectivity index (χ0n) is 11.4. The summed E-state index contributed by atoms with van der Waals surface area (Å²) in [5.74, 6) is 2.64. The fourth-order valence-corrected chi connectivity index (χ4v) is 2.01. The summed E-state index contributed by atoms with van der Waals surface area (Å²) in [4.78, 5) is 0. The Morgan fingerprint density at radius 2 is 2.00 bits per heavy atom. The molecule has 0 spiro atoms. The van der Waals surface area contributed by atoms with Crippen LogP contribution in [0.4, 0.5) is 5.69 Å². The van der Waals surface area contributed by atoms with Gasteiger partial charge in [-0.05, 0) is 30.7 Å². The molecule has 3 nitrogen and oxygen atoms in total. The highest BCUT2D eigenvalue weighted by Crippen LogP contribution is 2.31. The Labute approximate surface area is 118 Å². The van der Waals surface area contributed by atoms with Gasteiger partial charge in [-0.1, -0.05) is 18.5 Å². The molecule has 2 rings (SSSR count). The number of furan rings is 1. The molecular weight excluding hydrogens is 262 g/mol. The summed E-state index contributed by atoms with van der Waals surface area (Å²) in [5.41, 5.74) is 1.93. The molecule has 0 aliphatic heterocycles. The molecule has 1 N–H and O–H groups in total. The Balaban J connectivity index is 2.12. The molecule has 0 unspecified atom stereocenters. The maximum Gasteiger partial charge on any atom is 0.143 e. The van der Waals surface area contributed by atoms with Crippen LogP contribution >= 0.6 is 11.6 Å². The molecule has 1 heterocycles. The zero-order valence-corrected chi connectivity index (χ0v) is 12.2. The number of hydrogen-bond acceptors (Lipinski definition) is 3. The van der Waals surface area contributed by atoms with E-state index in [9.17, 15) is 0 Å². The monoisotopic (exact) mass is 279 g/mol. The first-order valence-corrected chi connectivity index (χ1v) is 6.67. The van der Waals surface area contributed by atoms with Gasteiger partial charge in [0.25, 0.3) is 0 Å². The second-order valence-electron chi connectivity index (χ2n) is 4.38. The lowest BCUT2D eigenvalue weighted by Gasteiger charge is -2.12. The largest absolute Gasteiger partial charge is 0.495 e. The van der Waals surface area contributed by atoms with Gasteiger partial charge in [0, 0.05) is 17.5 Å². The Morgan fingerprint density at radius 1 is 1.26 bits per heavy atom. The number of methoxy groups -OCH3 is 1. The molecule has 19 heavy (non-hydrogen) atoms. The molecule has 0 atom stereocenters. The van der Waals surface area contributed by atoms with Crippen LogP contribution in [0.15, 0.2) is 28.7 Å².